The van der Waals surface area contributed by atoms with Crippen molar-refractivity contribution >= 4 is 29.2 Å². The molecule has 1 amide bonds. The van der Waals surface area contributed by atoms with E-state index in [1.165, 1.54) is 30.9 Å². The van der Waals surface area contributed by atoms with E-state index in [2.05, 4.69) is 20.8 Å². The molecular weight excluding hydrogens is 392 g/mol. The number of carbonyl (C=O) groups is 1. The SMILES string of the molecule is CCC(=C/C=Nc1ccc([N+](=O)[O-])cc1[N+](=O)[O-])/C=C/NNC(=O)c1ccncc1. The highest BCUT2D eigenvalue weighted by Gasteiger charge is 2.18. The van der Waals surface area contributed by atoms with Crippen LogP contribution in [0.5, 0.6) is 0 Å². The molecule has 0 saturated carbocycles. The van der Waals surface area contributed by atoms with E-state index in [4.69, 9.17) is 0 Å². The van der Waals surface area contributed by atoms with Crippen LogP contribution in [-0.4, -0.2) is 27.0 Å². The summed E-state index contributed by atoms with van der Waals surface area (Å²) in [7, 11) is 0. The number of benzene rings is 1. The molecule has 11 nitrogen and oxygen atoms in total. The first-order valence-corrected chi connectivity index (χ1v) is 8.71. The van der Waals surface area contributed by atoms with Crippen molar-refractivity contribution in [3.8, 4) is 0 Å². The maximum atomic E-state index is 11.9. The molecule has 11 heteroatoms. The van der Waals surface area contributed by atoms with Crippen molar-refractivity contribution in [1.29, 1.82) is 0 Å². The van der Waals surface area contributed by atoms with Gasteiger partial charge in [-0.1, -0.05) is 6.92 Å². The Hall–Kier alpha value is -4.41. The van der Waals surface area contributed by atoms with Crippen LogP contribution < -0.4 is 10.9 Å². The fourth-order valence-electron chi connectivity index (χ4n) is 2.22. The fraction of sp³-hybridized carbons (Fsp3) is 0.105. The average molecular weight is 410 g/mol. The van der Waals surface area contributed by atoms with E-state index in [1.807, 2.05) is 6.92 Å². The number of nitro benzene ring substituents is 2. The van der Waals surface area contributed by atoms with Crippen molar-refractivity contribution in [3.63, 3.8) is 0 Å². The van der Waals surface area contributed by atoms with Crippen LogP contribution in [0.3, 0.4) is 0 Å². The van der Waals surface area contributed by atoms with Gasteiger partial charge in [-0.15, -0.1) is 0 Å². The standard InChI is InChI=1S/C19H18N6O5/c1-2-14(6-12-22-23-19(26)15-7-9-20-10-8-15)5-11-21-17-4-3-16(24(27)28)13-18(17)25(29)30/h3-13,22H,2H2,1H3,(H,23,26)/b12-6+,14-5-,21-11?. The Morgan fingerprint density at radius 1 is 1.17 bits per heavy atom. The van der Waals surface area contributed by atoms with Gasteiger partial charge in [0.15, 0.2) is 0 Å². The van der Waals surface area contributed by atoms with Crippen molar-refractivity contribution in [2.24, 2.45) is 4.99 Å². The van der Waals surface area contributed by atoms with Gasteiger partial charge in [-0.25, -0.2) is 4.99 Å². The second-order valence-corrected chi connectivity index (χ2v) is 5.73. The van der Waals surface area contributed by atoms with Crippen molar-refractivity contribution in [1.82, 2.24) is 15.8 Å². The lowest BCUT2D eigenvalue weighted by Crippen LogP contribution is -2.33. The summed E-state index contributed by atoms with van der Waals surface area (Å²) in [5, 5.41) is 21.9. The second-order valence-electron chi connectivity index (χ2n) is 5.73. The number of aromatic nitrogens is 1. The van der Waals surface area contributed by atoms with E-state index in [-0.39, 0.29) is 17.3 Å². The summed E-state index contributed by atoms with van der Waals surface area (Å²) in [6.45, 7) is 1.90. The number of aliphatic imine (C=N–C) groups is 1. The summed E-state index contributed by atoms with van der Waals surface area (Å²) in [5.74, 6) is -0.323. The zero-order valence-corrected chi connectivity index (χ0v) is 15.9. The van der Waals surface area contributed by atoms with Crippen molar-refractivity contribution in [2.75, 3.05) is 0 Å². The normalized spacial score (nSPS) is 11.6. The maximum Gasteiger partial charge on any atom is 0.301 e. The number of rotatable bonds is 9. The number of hydrogen-bond donors (Lipinski definition) is 2. The summed E-state index contributed by atoms with van der Waals surface area (Å²) < 4.78 is 0. The molecule has 1 heterocycles. The van der Waals surface area contributed by atoms with Crippen molar-refractivity contribution in [3.05, 3.63) is 92.4 Å². The number of carbonyl (C=O) groups excluding carboxylic acids is 1. The van der Waals surface area contributed by atoms with Gasteiger partial charge in [0.2, 0.25) is 0 Å². The number of allylic oxidation sites excluding steroid dienone is 3. The lowest BCUT2D eigenvalue weighted by Gasteiger charge is -2.04. The predicted octanol–water partition coefficient (Wildman–Crippen LogP) is 3.39. The summed E-state index contributed by atoms with van der Waals surface area (Å²) in [6.07, 6.45) is 9.88. The monoisotopic (exact) mass is 410 g/mol. The molecule has 1 aromatic heterocycles. The molecule has 0 atom stereocenters. The lowest BCUT2D eigenvalue weighted by atomic mass is 10.2. The third kappa shape index (κ3) is 6.34. The first-order chi connectivity index (χ1) is 14.4. The largest absolute Gasteiger partial charge is 0.306 e. The number of hydrazine groups is 1. The highest BCUT2D eigenvalue weighted by atomic mass is 16.6. The van der Waals surface area contributed by atoms with Gasteiger partial charge in [-0.3, -0.25) is 35.4 Å². The Balaban J connectivity index is 2.02. The minimum atomic E-state index is -0.723. The van der Waals surface area contributed by atoms with Gasteiger partial charge in [-0.05, 0) is 42.3 Å². The van der Waals surface area contributed by atoms with Gasteiger partial charge in [0, 0.05) is 36.4 Å². The molecule has 0 saturated heterocycles. The van der Waals surface area contributed by atoms with Crippen molar-refractivity contribution in [2.45, 2.75) is 13.3 Å². The van der Waals surface area contributed by atoms with E-state index in [1.54, 1.807) is 24.3 Å². The lowest BCUT2D eigenvalue weighted by molar-refractivity contribution is -0.393. The van der Waals surface area contributed by atoms with E-state index in [0.717, 1.165) is 17.7 Å². The molecule has 154 valence electrons. The second kappa shape index (κ2) is 10.8. The summed E-state index contributed by atoms with van der Waals surface area (Å²) in [6, 6.07) is 6.39. The van der Waals surface area contributed by atoms with Crippen LogP contribution in [0.2, 0.25) is 0 Å². The van der Waals surface area contributed by atoms with Crippen LogP contribution in [0, 0.1) is 20.2 Å². The molecule has 2 rings (SSSR count). The van der Waals surface area contributed by atoms with Crippen LogP contribution in [0.4, 0.5) is 17.1 Å². The van der Waals surface area contributed by atoms with E-state index in [9.17, 15) is 25.0 Å². The molecule has 0 radical (unpaired) electrons. The van der Waals surface area contributed by atoms with Gasteiger partial charge < -0.3 is 5.43 Å². The van der Waals surface area contributed by atoms with Crippen LogP contribution >= 0.6 is 0 Å². The number of hydrogen-bond acceptors (Lipinski definition) is 8. The quantitative estimate of drug-likeness (QED) is 0.278. The van der Waals surface area contributed by atoms with Gasteiger partial charge >= 0.3 is 5.69 Å². The molecule has 0 unspecified atom stereocenters. The van der Waals surface area contributed by atoms with E-state index in [0.29, 0.717) is 12.0 Å². The highest BCUT2D eigenvalue weighted by Crippen LogP contribution is 2.30. The first-order valence-electron chi connectivity index (χ1n) is 8.71. The minimum absolute atomic E-state index is 0.00372. The number of pyridine rings is 1. The third-order valence-electron chi connectivity index (χ3n) is 3.79. The molecule has 0 aliphatic carbocycles. The summed E-state index contributed by atoms with van der Waals surface area (Å²) in [5.41, 5.74) is 5.59. The number of nitrogens with zero attached hydrogens (tertiary/aromatic N) is 4. The Morgan fingerprint density at radius 2 is 1.90 bits per heavy atom. The molecule has 0 spiro atoms. The molecular formula is C19H18N6O5. The summed E-state index contributed by atoms with van der Waals surface area (Å²) >= 11 is 0. The number of nitro groups is 2. The molecule has 30 heavy (non-hydrogen) atoms. The van der Waals surface area contributed by atoms with Gasteiger partial charge in [0.05, 0.1) is 15.9 Å². The minimum Gasteiger partial charge on any atom is -0.306 e. The van der Waals surface area contributed by atoms with Crippen LogP contribution in [0.25, 0.3) is 0 Å². The van der Waals surface area contributed by atoms with Crippen molar-refractivity contribution < 1.29 is 14.6 Å². The smallest absolute Gasteiger partial charge is 0.301 e. The Morgan fingerprint density at radius 3 is 2.53 bits per heavy atom. The van der Waals surface area contributed by atoms with Crippen LogP contribution in [0.1, 0.15) is 23.7 Å². The van der Waals surface area contributed by atoms with Gasteiger partial charge in [-0.2, -0.15) is 0 Å². The van der Waals surface area contributed by atoms with Gasteiger partial charge in [0.25, 0.3) is 11.6 Å². The molecule has 2 aromatic rings. The highest BCUT2D eigenvalue weighted by molar-refractivity contribution is 5.93. The molecule has 0 fully saturated rings. The Bertz CT molecular complexity index is 1020. The molecule has 0 bridgehead atoms. The molecule has 1 aromatic carbocycles. The van der Waals surface area contributed by atoms with Crippen LogP contribution in [0.15, 0.2) is 71.6 Å². The fourth-order valence-corrected chi connectivity index (χ4v) is 2.22. The number of nitrogens with one attached hydrogen (secondary N) is 2. The molecule has 2 N–H and O–H groups in total. The average Bonchev–Trinajstić information content (AvgIpc) is 2.75. The third-order valence-corrected chi connectivity index (χ3v) is 3.79. The predicted molar refractivity (Wildman–Crippen MR) is 110 cm³/mol. The zero-order valence-electron chi connectivity index (χ0n) is 15.9. The van der Waals surface area contributed by atoms with E-state index >= 15 is 0 Å². The zero-order chi connectivity index (χ0) is 21.9. The number of amides is 1. The summed E-state index contributed by atoms with van der Waals surface area (Å²) in [4.78, 5) is 40.2. The Kier molecular flexibility index (Phi) is 7.88. The number of non-ortho nitro benzene ring substituents is 1. The molecule has 0 aliphatic heterocycles. The van der Waals surface area contributed by atoms with Gasteiger partial charge in [0.1, 0.15) is 5.69 Å². The Labute approximate surface area is 171 Å². The van der Waals surface area contributed by atoms with Crippen LogP contribution in [-0.2, 0) is 0 Å². The van der Waals surface area contributed by atoms with E-state index < -0.39 is 15.5 Å². The molecule has 0 aliphatic rings. The first kappa shape index (κ1) is 21.9. The maximum absolute atomic E-state index is 11.9. The topological polar surface area (TPSA) is 153 Å².